The first-order chi connectivity index (χ1) is 31.0. The molecule has 8 heteroatoms. The van der Waals surface area contributed by atoms with Crippen LogP contribution in [0.15, 0.2) is 231 Å². The molecule has 0 atom stereocenters. The summed E-state index contributed by atoms with van der Waals surface area (Å²) in [7, 11) is 0. The van der Waals surface area contributed by atoms with Crippen LogP contribution < -0.4 is 9.80 Å². The Hall–Kier alpha value is -7.84. The Balaban J connectivity index is 0.982. The normalized spacial score (nSPS) is 11.6. The van der Waals surface area contributed by atoms with Crippen LogP contribution in [-0.2, 0) is 12.4 Å². The van der Waals surface area contributed by atoms with Gasteiger partial charge in [0, 0.05) is 34.1 Å². The molecule has 9 aromatic carbocycles. The van der Waals surface area contributed by atoms with Gasteiger partial charge in [0.05, 0.1) is 11.1 Å². The van der Waals surface area contributed by atoms with Crippen molar-refractivity contribution in [1.29, 1.82) is 0 Å². The molecule has 0 fully saturated rings. The summed E-state index contributed by atoms with van der Waals surface area (Å²) < 4.78 is 83.3. The molecule has 0 N–H and O–H groups in total. The third kappa shape index (κ3) is 9.03. The van der Waals surface area contributed by atoms with Crippen LogP contribution in [-0.4, -0.2) is 0 Å². The van der Waals surface area contributed by atoms with Crippen molar-refractivity contribution in [2.75, 3.05) is 9.80 Å². The molecule has 0 saturated carbocycles. The lowest BCUT2D eigenvalue weighted by molar-refractivity contribution is -0.138. The summed E-state index contributed by atoms with van der Waals surface area (Å²) in [6.45, 7) is 0. The van der Waals surface area contributed by atoms with Gasteiger partial charge >= 0.3 is 12.4 Å². The van der Waals surface area contributed by atoms with Gasteiger partial charge in [-0.15, -0.1) is 0 Å². The van der Waals surface area contributed by atoms with Gasteiger partial charge < -0.3 is 9.80 Å². The van der Waals surface area contributed by atoms with Crippen LogP contribution in [0, 0.1) is 0 Å². The fraction of sp³-hybridized carbons (Fsp3) is 0.0357. The second-order valence-corrected chi connectivity index (χ2v) is 15.3. The molecule has 314 valence electrons. The molecule has 0 aromatic heterocycles. The van der Waals surface area contributed by atoms with E-state index in [0.29, 0.717) is 34.1 Å². The first kappa shape index (κ1) is 41.5. The molecule has 0 aliphatic heterocycles. The molecule has 0 saturated heterocycles. The number of halogens is 6. The van der Waals surface area contributed by atoms with Crippen molar-refractivity contribution in [2.45, 2.75) is 12.4 Å². The number of alkyl halides is 6. The molecule has 0 aliphatic rings. The molecular weight excluding hydrogens is 815 g/mol. The SMILES string of the molecule is FC(F)(F)c1cccc(N(c2ccc(-c3ccccc3)cc2)c2ccc(-c3ccc(-c4ccc(N(c5ccc(-c6ccccc6)cc5)c5cccc(C(F)(F)F)c5)cc4)cc3)cc2)c1. The predicted octanol–water partition coefficient (Wildman–Crippen LogP) is 17.3. The van der Waals surface area contributed by atoms with Crippen LogP contribution in [0.1, 0.15) is 11.1 Å². The van der Waals surface area contributed by atoms with E-state index in [-0.39, 0.29) is 0 Å². The topological polar surface area (TPSA) is 6.48 Å². The highest BCUT2D eigenvalue weighted by atomic mass is 19.4. The van der Waals surface area contributed by atoms with E-state index in [1.807, 2.05) is 192 Å². The smallest absolute Gasteiger partial charge is 0.310 e. The molecule has 9 rings (SSSR count). The first-order valence-corrected chi connectivity index (χ1v) is 20.5. The van der Waals surface area contributed by atoms with Gasteiger partial charge in [-0.2, -0.15) is 26.3 Å². The molecule has 0 radical (unpaired) electrons. The molecule has 0 amide bonds. The van der Waals surface area contributed by atoms with E-state index < -0.39 is 23.5 Å². The fourth-order valence-electron chi connectivity index (χ4n) is 7.87. The quantitative estimate of drug-likeness (QED) is 0.127. The van der Waals surface area contributed by atoms with E-state index in [1.54, 1.807) is 12.1 Å². The van der Waals surface area contributed by atoms with Crippen molar-refractivity contribution < 1.29 is 26.3 Å². The first-order valence-electron chi connectivity index (χ1n) is 20.5. The lowest BCUT2D eigenvalue weighted by Crippen LogP contribution is -2.12. The maximum Gasteiger partial charge on any atom is 0.416 e. The Bertz CT molecular complexity index is 2760. The average Bonchev–Trinajstić information content (AvgIpc) is 3.33. The van der Waals surface area contributed by atoms with E-state index in [4.69, 9.17) is 0 Å². The largest absolute Gasteiger partial charge is 0.416 e. The zero-order valence-corrected chi connectivity index (χ0v) is 34.1. The molecule has 0 bridgehead atoms. The fourth-order valence-corrected chi connectivity index (χ4v) is 7.87. The highest BCUT2D eigenvalue weighted by molar-refractivity contribution is 5.82. The summed E-state index contributed by atoms with van der Waals surface area (Å²) in [5, 5.41) is 0. The van der Waals surface area contributed by atoms with Gasteiger partial charge in [0.25, 0.3) is 0 Å². The standard InChI is InChI=1S/C56H38F6N2/c57-55(58,59)47-13-7-15-53(37-47)63(49-29-21-43(22-30-49)39-9-3-1-4-10-39)51-33-25-45(26-34-51)41-17-19-42(20-18-41)46-27-35-52(36-28-46)64(54-16-8-14-48(38-54)56(60,61)62)50-31-23-44(24-32-50)40-11-5-2-6-12-40/h1-38H. The van der Waals surface area contributed by atoms with Crippen LogP contribution in [0.3, 0.4) is 0 Å². The van der Waals surface area contributed by atoms with Gasteiger partial charge in [0.15, 0.2) is 0 Å². The second-order valence-electron chi connectivity index (χ2n) is 15.3. The third-order valence-corrected chi connectivity index (χ3v) is 11.1. The predicted molar refractivity (Wildman–Crippen MR) is 248 cm³/mol. The molecular formula is C56H38F6N2. The number of hydrogen-bond donors (Lipinski definition) is 0. The van der Waals surface area contributed by atoms with Crippen molar-refractivity contribution in [2.24, 2.45) is 0 Å². The van der Waals surface area contributed by atoms with E-state index in [1.165, 1.54) is 12.1 Å². The van der Waals surface area contributed by atoms with Crippen molar-refractivity contribution in [3.63, 3.8) is 0 Å². The highest BCUT2D eigenvalue weighted by Crippen LogP contribution is 2.42. The molecule has 0 heterocycles. The minimum Gasteiger partial charge on any atom is -0.310 e. The monoisotopic (exact) mass is 852 g/mol. The zero-order valence-electron chi connectivity index (χ0n) is 34.1. The number of nitrogens with zero attached hydrogens (tertiary/aromatic N) is 2. The van der Waals surface area contributed by atoms with Crippen LogP contribution in [0.25, 0.3) is 44.5 Å². The maximum absolute atomic E-state index is 13.9. The van der Waals surface area contributed by atoms with Gasteiger partial charge in [-0.05, 0) is 129 Å². The van der Waals surface area contributed by atoms with Crippen LogP contribution >= 0.6 is 0 Å². The van der Waals surface area contributed by atoms with Crippen LogP contribution in [0.5, 0.6) is 0 Å². The highest BCUT2D eigenvalue weighted by Gasteiger charge is 2.32. The van der Waals surface area contributed by atoms with Crippen LogP contribution in [0.2, 0.25) is 0 Å². The number of hydrogen-bond acceptors (Lipinski definition) is 2. The number of benzene rings is 9. The molecule has 9 aromatic rings. The second kappa shape index (κ2) is 17.5. The van der Waals surface area contributed by atoms with E-state index in [0.717, 1.165) is 68.8 Å². The Morgan fingerprint density at radius 3 is 0.703 bits per heavy atom. The molecule has 0 spiro atoms. The Morgan fingerprint density at radius 1 is 0.219 bits per heavy atom. The summed E-state index contributed by atoms with van der Waals surface area (Å²) in [6, 6.07) is 69.4. The minimum atomic E-state index is -4.50. The van der Waals surface area contributed by atoms with Crippen molar-refractivity contribution in [3.05, 3.63) is 242 Å². The lowest BCUT2D eigenvalue weighted by Gasteiger charge is -2.26. The Morgan fingerprint density at radius 2 is 0.453 bits per heavy atom. The minimum absolute atomic E-state index is 0.379. The maximum atomic E-state index is 13.9. The summed E-state index contributed by atoms with van der Waals surface area (Å²) in [5.41, 5.74) is 9.88. The van der Waals surface area contributed by atoms with Gasteiger partial charge in [0.2, 0.25) is 0 Å². The van der Waals surface area contributed by atoms with Gasteiger partial charge in [-0.1, -0.05) is 146 Å². The summed E-state index contributed by atoms with van der Waals surface area (Å²) in [5.74, 6) is 0. The van der Waals surface area contributed by atoms with E-state index in [9.17, 15) is 26.3 Å². The Kier molecular flexibility index (Phi) is 11.3. The van der Waals surface area contributed by atoms with Gasteiger partial charge in [0.1, 0.15) is 0 Å². The summed E-state index contributed by atoms with van der Waals surface area (Å²) >= 11 is 0. The molecule has 0 aliphatic carbocycles. The average molecular weight is 853 g/mol. The summed E-state index contributed by atoms with van der Waals surface area (Å²) in [6.07, 6.45) is -9.00. The molecule has 2 nitrogen and oxygen atoms in total. The van der Waals surface area contributed by atoms with E-state index in [2.05, 4.69) is 0 Å². The zero-order chi connectivity index (χ0) is 44.3. The van der Waals surface area contributed by atoms with Crippen molar-refractivity contribution >= 4 is 34.1 Å². The molecule has 64 heavy (non-hydrogen) atoms. The van der Waals surface area contributed by atoms with Gasteiger partial charge in [-0.3, -0.25) is 0 Å². The Labute approximate surface area is 367 Å². The van der Waals surface area contributed by atoms with Crippen molar-refractivity contribution in [3.8, 4) is 44.5 Å². The number of anilines is 6. The molecule has 0 unspecified atom stereocenters. The lowest BCUT2D eigenvalue weighted by atomic mass is 9.99. The third-order valence-electron chi connectivity index (χ3n) is 11.1. The number of rotatable bonds is 10. The summed E-state index contributed by atoms with van der Waals surface area (Å²) in [4.78, 5) is 3.63. The van der Waals surface area contributed by atoms with E-state index >= 15 is 0 Å². The van der Waals surface area contributed by atoms with Gasteiger partial charge in [-0.25, -0.2) is 0 Å². The van der Waals surface area contributed by atoms with Crippen LogP contribution in [0.4, 0.5) is 60.5 Å². The van der Waals surface area contributed by atoms with Crippen molar-refractivity contribution in [1.82, 2.24) is 0 Å².